The van der Waals surface area contributed by atoms with Crippen molar-refractivity contribution < 1.29 is 9.32 Å². The molecule has 0 aliphatic carbocycles. The summed E-state index contributed by atoms with van der Waals surface area (Å²) in [6.45, 7) is 2.45. The van der Waals surface area contributed by atoms with Gasteiger partial charge in [0, 0.05) is 24.6 Å². The molecule has 5 heteroatoms. The lowest BCUT2D eigenvalue weighted by Crippen LogP contribution is -2.40. The van der Waals surface area contributed by atoms with E-state index in [1.165, 1.54) is 0 Å². The number of aromatic nitrogens is 1. The quantitative estimate of drug-likeness (QED) is 0.645. The summed E-state index contributed by atoms with van der Waals surface area (Å²) >= 11 is 0. The molecule has 0 spiro atoms. The summed E-state index contributed by atoms with van der Waals surface area (Å²) in [5.41, 5.74) is 3.11. The second kappa shape index (κ2) is 9.52. The number of carbonyl (C=O) groups is 1. The van der Waals surface area contributed by atoms with Gasteiger partial charge in [-0.05, 0) is 43.3 Å². The van der Waals surface area contributed by atoms with Crippen LogP contribution in [0.5, 0.6) is 0 Å². The van der Waals surface area contributed by atoms with Gasteiger partial charge in [0.15, 0.2) is 5.76 Å². The molecule has 3 aromatic rings. The molecule has 0 saturated carbocycles. The summed E-state index contributed by atoms with van der Waals surface area (Å²) in [5, 5.41) is 10.8. The second-order valence-electron chi connectivity index (χ2n) is 7.73. The van der Waals surface area contributed by atoms with E-state index >= 15 is 0 Å². The summed E-state index contributed by atoms with van der Waals surface area (Å²) in [7, 11) is 0. The fourth-order valence-corrected chi connectivity index (χ4v) is 4.01. The van der Waals surface area contributed by atoms with E-state index in [2.05, 4.69) is 15.8 Å². The molecule has 0 bridgehead atoms. The van der Waals surface area contributed by atoms with Crippen LogP contribution in [-0.2, 0) is 17.8 Å². The number of amides is 1. The van der Waals surface area contributed by atoms with Gasteiger partial charge in [-0.1, -0.05) is 65.8 Å². The Morgan fingerprint density at radius 3 is 2.62 bits per heavy atom. The summed E-state index contributed by atoms with van der Waals surface area (Å²) in [6, 6.07) is 22.1. The van der Waals surface area contributed by atoms with Gasteiger partial charge in [0.2, 0.25) is 5.91 Å². The van der Waals surface area contributed by atoms with Crippen molar-refractivity contribution in [2.45, 2.75) is 25.8 Å². The Balaban J connectivity index is 1.34. The van der Waals surface area contributed by atoms with E-state index in [1.807, 2.05) is 66.7 Å². The van der Waals surface area contributed by atoms with Crippen molar-refractivity contribution >= 4 is 5.91 Å². The van der Waals surface area contributed by atoms with Gasteiger partial charge >= 0.3 is 0 Å². The third-order valence-corrected chi connectivity index (χ3v) is 5.63. The molecule has 150 valence electrons. The average molecular weight is 389 g/mol. The van der Waals surface area contributed by atoms with E-state index < -0.39 is 0 Å². The molecule has 1 saturated heterocycles. The molecule has 2 aromatic carbocycles. The number of carbonyl (C=O) groups excluding carboxylic acids is 1. The molecular formula is C24H27N3O2. The van der Waals surface area contributed by atoms with Gasteiger partial charge < -0.3 is 15.2 Å². The molecule has 1 aliphatic heterocycles. The molecule has 0 radical (unpaired) electrons. The average Bonchev–Trinajstić information content (AvgIpc) is 3.24. The minimum Gasteiger partial charge on any atom is -0.356 e. The summed E-state index contributed by atoms with van der Waals surface area (Å²) in [5.74, 6) is 1.64. The number of nitrogens with one attached hydrogen (secondary N) is 2. The molecule has 1 amide bonds. The second-order valence-corrected chi connectivity index (χ2v) is 7.73. The zero-order valence-electron chi connectivity index (χ0n) is 16.5. The van der Waals surface area contributed by atoms with Crippen LogP contribution in [-0.4, -0.2) is 24.2 Å². The predicted octanol–water partition coefficient (Wildman–Crippen LogP) is 3.82. The topological polar surface area (TPSA) is 67.2 Å². The fraction of sp³-hybridized carbons (Fsp3) is 0.333. The number of nitrogens with zero attached hydrogens (tertiary/aromatic N) is 1. The van der Waals surface area contributed by atoms with Crippen molar-refractivity contribution in [3.63, 3.8) is 0 Å². The monoisotopic (exact) mass is 389 g/mol. The van der Waals surface area contributed by atoms with Crippen molar-refractivity contribution in [2.75, 3.05) is 13.1 Å². The van der Waals surface area contributed by atoms with Crippen LogP contribution >= 0.6 is 0 Å². The van der Waals surface area contributed by atoms with Gasteiger partial charge in [0.25, 0.3) is 0 Å². The number of hydrogen-bond acceptors (Lipinski definition) is 4. The summed E-state index contributed by atoms with van der Waals surface area (Å²) < 4.78 is 5.55. The first-order valence-corrected chi connectivity index (χ1v) is 10.3. The highest BCUT2D eigenvalue weighted by Crippen LogP contribution is 2.28. The van der Waals surface area contributed by atoms with Crippen LogP contribution in [0.2, 0.25) is 0 Å². The minimum absolute atomic E-state index is 0.121. The number of hydrogen-bond donors (Lipinski definition) is 2. The van der Waals surface area contributed by atoms with Crippen LogP contribution < -0.4 is 10.6 Å². The molecule has 1 aliphatic rings. The van der Waals surface area contributed by atoms with Gasteiger partial charge in [-0.25, -0.2) is 0 Å². The normalized spacial score (nSPS) is 19.0. The largest absolute Gasteiger partial charge is 0.356 e. The Kier molecular flexibility index (Phi) is 6.37. The lowest BCUT2D eigenvalue weighted by Gasteiger charge is -2.31. The number of piperidine rings is 1. The van der Waals surface area contributed by atoms with Crippen LogP contribution in [0.3, 0.4) is 0 Å². The van der Waals surface area contributed by atoms with E-state index in [0.717, 1.165) is 48.5 Å². The molecule has 1 aromatic heterocycles. The Labute approximate surface area is 171 Å². The van der Waals surface area contributed by atoms with Gasteiger partial charge in [-0.2, -0.15) is 0 Å². The van der Waals surface area contributed by atoms with Gasteiger partial charge in [-0.3, -0.25) is 4.79 Å². The Bertz CT molecular complexity index is 908. The van der Waals surface area contributed by atoms with Crippen LogP contribution in [0, 0.1) is 11.8 Å². The molecule has 1 fully saturated rings. The highest BCUT2D eigenvalue weighted by atomic mass is 16.5. The molecule has 5 nitrogen and oxygen atoms in total. The Morgan fingerprint density at radius 1 is 1.07 bits per heavy atom. The van der Waals surface area contributed by atoms with E-state index in [9.17, 15) is 4.79 Å². The first-order valence-electron chi connectivity index (χ1n) is 10.3. The van der Waals surface area contributed by atoms with E-state index in [1.54, 1.807) is 0 Å². The molecule has 2 unspecified atom stereocenters. The lowest BCUT2D eigenvalue weighted by molar-refractivity contribution is -0.122. The van der Waals surface area contributed by atoms with Crippen LogP contribution in [0.15, 0.2) is 71.3 Å². The molecule has 2 heterocycles. The van der Waals surface area contributed by atoms with Gasteiger partial charge in [-0.15, -0.1) is 0 Å². The van der Waals surface area contributed by atoms with Gasteiger partial charge in [0.05, 0.1) is 5.69 Å². The highest BCUT2D eigenvalue weighted by Gasteiger charge is 2.28. The maximum Gasteiger partial charge on any atom is 0.220 e. The number of benzene rings is 2. The predicted molar refractivity (Wildman–Crippen MR) is 113 cm³/mol. The number of rotatable bonds is 7. The van der Waals surface area contributed by atoms with Crippen molar-refractivity contribution in [1.82, 2.24) is 15.8 Å². The first kappa shape index (κ1) is 19.4. The van der Waals surface area contributed by atoms with Crippen LogP contribution in [0.1, 0.15) is 24.1 Å². The maximum absolute atomic E-state index is 12.5. The molecule has 29 heavy (non-hydrogen) atoms. The fourth-order valence-electron chi connectivity index (χ4n) is 4.01. The third kappa shape index (κ3) is 5.33. The SMILES string of the molecule is O=C(CC1CCNCC1Cc1cc(-c2ccccc2)on1)NCc1ccccc1. The van der Waals surface area contributed by atoms with E-state index in [0.29, 0.717) is 24.8 Å². The van der Waals surface area contributed by atoms with Crippen molar-refractivity contribution in [2.24, 2.45) is 11.8 Å². The zero-order valence-corrected chi connectivity index (χ0v) is 16.5. The third-order valence-electron chi connectivity index (χ3n) is 5.63. The molecule has 2 N–H and O–H groups in total. The summed E-state index contributed by atoms with van der Waals surface area (Å²) in [6.07, 6.45) is 2.38. The van der Waals surface area contributed by atoms with Crippen molar-refractivity contribution in [3.8, 4) is 11.3 Å². The molecule has 4 rings (SSSR count). The Hall–Kier alpha value is -2.92. The smallest absolute Gasteiger partial charge is 0.220 e. The van der Waals surface area contributed by atoms with Crippen LogP contribution in [0.4, 0.5) is 0 Å². The Morgan fingerprint density at radius 2 is 1.83 bits per heavy atom. The van der Waals surface area contributed by atoms with Gasteiger partial charge in [0.1, 0.15) is 0 Å². The first-order chi connectivity index (χ1) is 14.3. The summed E-state index contributed by atoms with van der Waals surface area (Å²) in [4.78, 5) is 12.5. The van der Waals surface area contributed by atoms with E-state index in [-0.39, 0.29) is 5.91 Å². The molecule has 2 atom stereocenters. The standard InChI is InChI=1S/C24H27N3O2/c28-24(26-16-18-7-3-1-4-8-18)14-20-11-12-25-17-21(20)13-22-15-23(29-27-22)19-9-5-2-6-10-19/h1-10,15,20-21,25H,11-14,16-17H2,(H,26,28). The van der Waals surface area contributed by atoms with Crippen molar-refractivity contribution in [3.05, 3.63) is 78.0 Å². The van der Waals surface area contributed by atoms with Crippen molar-refractivity contribution in [1.29, 1.82) is 0 Å². The molecular weight excluding hydrogens is 362 g/mol. The van der Waals surface area contributed by atoms with Crippen LogP contribution in [0.25, 0.3) is 11.3 Å². The van der Waals surface area contributed by atoms with E-state index in [4.69, 9.17) is 4.52 Å². The zero-order chi connectivity index (χ0) is 19.9. The maximum atomic E-state index is 12.5. The minimum atomic E-state index is 0.121. The lowest BCUT2D eigenvalue weighted by atomic mass is 9.81. The highest BCUT2D eigenvalue weighted by molar-refractivity contribution is 5.76.